The summed E-state index contributed by atoms with van der Waals surface area (Å²) in [6.45, 7) is 0.775. The molecule has 2 aromatic heterocycles. The van der Waals surface area contributed by atoms with E-state index < -0.39 is 0 Å². The molecule has 0 bridgehead atoms. The number of aromatic nitrogens is 2. The zero-order valence-electron chi connectivity index (χ0n) is 9.67. The van der Waals surface area contributed by atoms with Crippen molar-refractivity contribution in [1.82, 2.24) is 15.2 Å². The van der Waals surface area contributed by atoms with Crippen molar-refractivity contribution in [3.63, 3.8) is 0 Å². The fourth-order valence-electron chi connectivity index (χ4n) is 1.82. The molecule has 0 saturated heterocycles. The largest absolute Gasteiger partial charge is 0.273 e. The van der Waals surface area contributed by atoms with Crippen LogP contribution < -0.4 is 5.43 Å². The molecule has 18 heavy (non-hydrogen) atoms. The molecular weight excluding hydrogens is 248 g/mol. The molecule has 1 amide bonds. The normalized spacial score (nSPS) is 15.3. The number of rotatable bonds is 3. The van der Waals surface area contributed by atoms with Crippen molar-refractivity contribution in [2.24, 2.45) is 5.10 Å². The van der Waals surface area contributed by atoms with Crippen molar-refractivity contribution in [3.8, 4) is 0 Å². The summed E-state index contributed by atoms with van der Waals surface area (Å²) in [6.07, 6.45) is 4.95. The second kappa shape index (κ2) is 4.73. The Morgan fingerprint density at radius 3 is 3.06 bits per heavy atom. The number of nitrogens with zero attached hydrogens (tertiary/aromatic N) is 3. The Morgan fingerprint density at radius 2 is 2.33 bits per heavy atom. The number of thiophene rings is 1. The van der Waals surface area contributed by atoms with Crippen molar-refractivity contribution in [2.45, 2.75) is 19.4 Å². The third-order valence-corrected chi connectivity index (χ3v) is 3.85. The second-order valence-corrected chi connectivity index (χ2v) is 5.23. The molecule has 1 aliphatic rings. The molecule has 3 heterocycles. The Morgan fingerprint density at radius 1 is 1.39 bits per heavy atom. The summed E-state index contributed by atoms with van der Waals surface area (Å²) in [5.74, 6) is -0.00734. The summed E-state index contributed by atoms with van der Waals surface area (Å²) in [4.78, 5) is 13.4. The van der Waals surface area contributed by atoms with E-state index in [1.807, 2.05) is 16.9 Å². The van der Waals surface area contributed by atoms with Gasteiger partial charge in [0.05, 0.1) is 17.1 Å². The van der Waals surface area contributed by atoms with E-state index in [1.165, 1.54) is 4.88 Å². The first-order valence-corrected chi connectivity index (χ1v) is 6.55. The van der Waals surface area contributed by atoms with Gasteiger partial charge in [0.2, 0.25) is 5.91 Å². The maximum Gasteiger partial charge on any atom is 0.240 e. The highest BCUT2D eigenvalue weighted by atomic mass is 32.1. The Labute approximate surface area is 108 Å². The SMILES string of the molecule is O=C1CCC(c2ccc(Cn3cccn3)s2)=NN1. The molecule has 0 aromatic carbocycles. The second-order valence-electron chi connectivity index (χ2n) is 4.06. The lowest BCUT2D eigenvalue weighted by Gasteiger charge is -2.09. The number of hydrogen-bond donors (Lipinski definition) is 1. The van der Waals surface area contributed by atoms with Gasteiger partial charge in [-0.1, -0.05) is 0 Å². The number of hydrogen-bond acceptors (Lipinski definition) is 4. The van der Waals surface area contributed by atoms with Crippen LogP contribution in [0.5, 0.6) is 0 Å². The summed E-state index contributed by atoms with van der Waals surface area (Å²) in [5.41, 5.74) is 3.49. The highest BCUT2D eigenvalue weighted by Crippen LogP contribution is 2.21. The minimum Gasteiger partial charge on any atom is -0.273 e. The van der Waals surface area contributed by atoms with Crippen LogP contribution in [0.4, 0.5) is 0 Å². The summed E-state index contributed by atoms with van der Waals surface area (Å²) < 4.78 is 1.89. The first kappa shape index (κ1) is 11.2. The summed E-state index contributed by atoms with van der Waals surface area (Å²) in [6, 6.07) is 6.05. The van der Waals surface area contributed by atoms with Gasteiger partial charge in [-0.2, -0.15) is 10.2 Å². The van der Waals surface area contributed by atoms with Gasteiger partial charge < -0.3 is 0 Å². The Balaban J connectivity index is 1.75. The summed E-state index contributed by atoms with van der Waals surface area (Å²) in [5, 5.41) is 8.28. The average molecular weight is 260 g/mol. The van der Waals surface area contributed by atoms with E-state index in [9.17, 15) is 4.79 Å². The van der Waals surface area contributed by atoms with E-state index in [0.717, 1.165) is 17.1 Å². The topological polar surface area (TPSA) is 59.3 Å². The van der Waals surface area contributed by atoms with E-state index in [2.05, 4.69) is 27.8 Å². The van der Waals surface area contributed by atoms with Crippen LogP contribution in [0, 0.1) is 0 Å². The fourth-order valence-corrected chi connectivity index (χ4v) is 2.84. The molecule has 1 aliphatic heterocycles. The molecule has 6 heteroatoms. The smallest absolute Gasteiger partial charge is 0.240 e. The highest BCUT2D eigenvalue weighted by Gasteiger charge is 2.14. The third kappa shape index (κ3) is 2.33. The standard InChI is InChI=1S/C12H12N4OS/c17-12-5-3-10(14-15-12)11-4-2-9(18-11)8-16-7-1-6-13-16/h1-2,4,6-7H,3,5,8H2,(H,15,17). The van der Waals surface area contributed by atoms with E-state index in [1.54, 1.807) is 17.5 Å². The van der Waals surface area contributed by atoms with Gasteiger partial charge in [-0.25, -0.2) is 5.43 Å². The summed E-state index contributed by atoms with van der Waals surface area (Å²) >= 11 is 1.70. The van der Waals surface area contributed by atoms with Crippen LogP contribution in [0.2, 0.25) is 0 Å². The minimum absolute atomic E-state index is 0.00734. The van der Waals surface area contributed by atoms with Crippen LogP contribution in [0.25, 0.3) is 0 Å². The van der Waals surface area contributed by atoms with Crippen molar-refractivity contribution < 1.29 is 4.79 Å². The highest BCUT2D eigenvalue weighted by molar-refractivity contribution is 7.14. The van der Waals surface area contributed by atoms with Crippen molar-refractivity contribution >= 4 is 23.0 Å². The van der Waals surface area contributed by atoms with Crippen LogP contribution in [0.1, 0.15) is 22.6 Å². The molecule has 0 radical (unpaired) electrons. The molecule has 0 atom stereocenters. The molecular formula is C12H12N4OS. The number of nitrogens with one attached hydrogen (secondary N) is 1. The number of hydrazone groups is 1. The first-order chi connectivity index (χ1) is 8.81. The average Bonchev–Trinajstić information content (AvgIpc) is 3.02. The lowest BCUT2D eigenvalue weighted by molar-refractivity contribution is -0.121. The summed E-state index contributed by atoms with van der Waals surface area (Å²) in [7, 11) is 0. The minimum atomic E-state index is -0.00734. The van der Waals surface area contributed by atoms with Gasteiger partial charge >= 0.3 is 0 Å². The van der Waals surface area contributed by atoms with Gasteiger partial charge in [-0.15, -0.1) is 11.3 Å². The zero-order valence-corrected chi connectivity index (χ0v) is 10.5. The zero-order chi connectivity index (χ0) is 12.4. The molecule has 0 spiro atoms. The van der Waals surface area contributed by atoms with Crippen molar-refractivity contribution in [3.05, 3.63) is 40.3 Å². The quantitative estimate of drug-likeness (QED) is 0.911. The molecule has 0 aliphatic carbocycles. The van der Waals surface area contributed by atoms with Crippen LogP contribution in [-0.2, 0) is 11.3 Å². The van der Waals surface area contributed by atoms with Crippen molar-refractivity contribution in [1.29, 1.82) is 0 Å². The molecule has 5 nitrogen and oxygen atoms in total. The van der Waals surface area contributed by atoms with Crippen molar-refractivity contribution in [2.75, 3.05) is 0 Å². The lowest BCUT2D eigenvalue weighted by atomic mass is 10.1. The van der Waals surface area contributed by atoms with Crippen LogP contribution >= 0.6 is 11.3 Å². The number of carbonyl (C=O) groups is 1. The molecule has 92 valence electrons. The van der Waals surface area contributed by atoms with Gasteiger partial charge in [0.1, 0.15) is 0 Å². The lowest BCUT2D eigenvalue weighted by Crippen LogP contribution is -2.25. The maximum atomic E-state index is 11.0. The van der Waals surface area contributed by atoms with E-state index in [-0.39, 0.29) is 5.91 Å². The molecule has 0 saturated carbocycles. The predicted octanol–water partition coefficient (Wildman–Crippen LogP) is 1.61. The van der Waals surface area contributed by atoms with Gasteiger partial charge in [0.25, 0.3) is 0 Å². The van der Waals surface area contributed by atoms with Crippen LogP contribution in [-0.4, -0.2) is 21.4 Å². The van der Waals surface area contributed by atoms with Gasteiger partial charge in [0, 0.05) is 30.1 Å². The Kier molecular flexibility index (Phi) is 2.93. The van der Waals surface area contributed by atoms with Gasteiger partial charge in [-0.3, -0.25) is 9.48 Å². The van der Waals surface area contributed by atoms with E-state index in [4.69, 9.17) is 0 Å². The number of amides is 1. The molecule has 3 rings (SSSR count). The Hall–Kier alpha value is -1.95. The molecule has 2 aromatic rings. The van der Waals surface area contributed by atoms with Gasteiger partial charge in [0.15, 0.2) is 0 Å². The predicted molar refractivity (Wildman–Crippen MR) is 69.6 cm³/mol. The third-order valence-electron chi connectivity index (χ3n) is 2.73. The molecule has 1 N–H and O–H groups in total. The first-order valence-electron chi connectivity index (χ1n) is 5.73. The van der Waals surface area contributed by atoms with Crippen LogP contribution in [0.3, 0.4) is 0 Å². The van der Waals surface area contributed by atoms with Crippen LogP contribution in [0.15, 0.2) is 35.7 Å². The molecule has 0 fully saturated rings. The Bertz CT molecular complexity index is 585. The maximum absolute atomic E-state index is 11.0. The van der Waals surface area contributed by atoms with Gasteiger partial charge in [-0.05, 0) is 18.2 Å². The molecule has 0 unspecified atom stereocenters. The van der Waals surface area contributed by atoms with E-state index >= 15 is 0 Å². The van der Waals surface area contributed by atoms with E-state index in [0.29, 0.717) is 12.8 Å². The number of carbonyl (C=O) groups excluding carboxylic acids is 1. The fraction of sp³-hybridized carbons (Fsp3) is 0.250. The monoisotopic (exact) mass is 260 g/mol.